The summed E-state index contributed by atoms with van der Waals surface area (Å²) in [4.78, 5) is 4.40. The molecule has 0 saturated heterocycles. The molecule has 1 aromatic heterocycles. The fourth-order valence-electron chi connectivity index (χ4n) is 1.44. The number of aromatic nitrogens is 1. The van der Waals surface area contributed by atoms with Gasteiger partial charge in [-0.25, -0.2) is 0 Å². The Labute approximate surface area is 129 Å². The molecule has 0 saturated carbocycles. The highest BCUT2D eigenvalue weighted by atomic mass is 127. The van der Waals surface area contributed by atoms with Crippen LogP contribution >= 0.6 is 46.4 Å². The largest absolute Gasteiger partial charge is 0.388 e. The van der Waals surface area contributed by atoms with Crippen molar-refractivity contribution in [1.82, 2.24) is 4.98 Å². The minimum Gasteiger partial charge on any atom is -0.388 e. The fraction of sp³-hybridized carbons (Fsp3) is 0. The van der Waals surface area contributed by atoms with E-state index in [-0.39, 0.29) is 4.99 Å². The molecular formula is C12H9ClIN3S. The van der Waals surface area contributed by atoms with Crippen molar-refractivity contribution in [3.8, 4) is 0 Å². The van der Waals surface area contributed by atoms with Gasteiger partial charge in [-0.1, -0.05) is 23.8 Å². The van der Waals surface area contributed by atoms with Crippen molar-refractivity contribution in [3.63, 3.8) is 0 Å². The van der Waals surface area contributed by atoms with Crippen LogP contribution in [0.15, 0.2) is 36.5 Å². The maximum Gasteiger partial charge on any atom is 0.124 e. The van der Waals surface area contributed by atoms with Crippen LogP contribution in [-0.4, -0.2) is 9.97 Å². The molecule has 0 aliphatic carbocycles. The standard InChI is InChI=1S/C12H9ClIN3S/c13-8-6-7(14)3-4-9(8)17-10-2-1-5-16-11(10)12(15)18/h1-6,17H,(H2,15,18). The van der Waals surface area contributed by atoms with E-state index >= 15 is 0 Å². The summed E-state index contributed by atoms with van der Waals surface area (Å²) in [5.41, 5.74) is 7.72. The van der Waals surface area contributed by atoms with Crippen molar-refractivity contribution >= 4 is 62.8 Å². The first-order valence-corrected chi connectivity index (χ1v) is 6.91. The van der Waals surface area contributed by atoms with Crippen LogP contribution in [0.25, 0.3) is 0 Å². The summed E-state index contributed by atoms with van der Waals surface area (Å²) in [6, 6.07) is 9.41. The van der Waals surface area contributed by atoms with E-state index in [4.69, 9.17) is 29.6 Å². The summed E-state index contributed by atoms with van der Waals surface area (Å²) in [6.45, 7) is 0. The Bertz CT molecular complexity index is 604. The molecule has 0 amide bonds. The monoisotopic (exact) mass is 389 g/mol. The molecule has 0 unspecified atom stereocenters. The molecule has 1 heterocycles. The van der Waals surface area contributed by atoms with Crippen LogP contribution in [0.2, 0.25) is 5.02 Å². The van der Waals surface area contributed by atoms with Crippen LogP contribution in [0.5, 0.6) is 0 Å². The molecule has 0 aliphatic heterocycles. The average molecular weight is 390 g/mol. The van der Waals surface area contributed by atoms with Gasteiger partial charge in [0.15, 0.2) is 0 Å². The third-order valence-electron chi connectivity index (χ3n) is 2.24. The second-order valence-electron chi connectivity index (χ2n) is 3.51. The Hall–Kier alpha value is -0.920. The Morgan fingerprint density at radius 2 is 2.11 bits per heavy atom. The molecule has 6 heteroatoms. The van der Waals surface area contributed by atoms with E-state index < -0.39 is 0 Å². The minimum absolute atomic E-state index is 0.250. The third-order valence-corrected chi connectivity index (χ3v) is 3.42. The number of benzene rings is 1. The molecule has 3 N–H and O–H groups in total. The number of hydrogen-bond donors (Lipinski definition) is 2. The van der Waals surface area contributed by atoms with Gasteiger partial charge in [0, 0.05) is 9.77 Å². The lowest BCUT2D eigenvalue weighted by atomic mass is 10.2. The van der Waals surface area contributed by atoms with Crippen LogP contribution in [0.1, 0.15) is 5.69 Å². The summed E-state index contributed by atoms with van der Waals surface area (Å²) in [7, 11) is 0. The Balaban J connectivity index is 2.37. The van der Waals surface area contributed by atoms with Crippen LogP contribution < -0.4 is 11.1 Å². The number of anilines is 2. The maximum atomic E-state index is 6.16. The molecule has 1 aromatic carbocycles. The summed E-state index contributed by atoms with van der Waals surface area (Å²) in [5, 5.41) is 3.82. The number of rotatable bonds is 3. The number of thiocarbonyl (C=S) groups is 1. The summed E-state index contributed by atoms with van der Waals surface area (Å²) < 4.78 is 1.07. The molecule has 92 valence electrons. The Morgan fingerprint density at radius 1 is 1.33 bits per heavy atom. The van der Waals surface area contributed by atoms with Crippen molar-refractivity contribution < 1.29 is 0 Å². The average Bonchev–Trinajstić information content (AvgIpc) is 2.33. The van der Waals surface area contributed by atoms with Gasteiger partial charge in [0.1, 0.15) is 10.7 Å². The van der Waals surface area contributed by atoms with Gasteiger partial charge in [-0.15, -0.1) is 0 Å². The van der Waals surface area contributed by atoms with Crippen LogP contribution in [0.4, 0.5) is 11.4 Å². The lowest BCUT2D eigenvalue weighted by Crippen LogP contribution is -2.13. The van der Waals surface area contributed by atoms with Gasteiger partial charge in [0.2, 0.25) is 0 Å². The molecule has 0 spiro atoms. The van der Waals surface area contributed by atoms with Crippen molar-refractivity contribution in [3.05, 3.63) is 50.8 Å². The predicted molar refractivity (Wildman–Crippen MR) is 87.6 cm³/mol. The number of pyridine rings is 1. The Kier molecular flexibility index (Phi) is 4.36. The molecule has 2 rings (SSSR count). The van der Waals surface area contributed by atoms with E-state index in [1.165, 1.54) is 0 Å². The molecular weight excluding hydrogens is 381 g/mol. The second-order valence-corrected chi connectivity index (χ2v) is 5.61. The summed E-state index contributed by atoms with van der Waals surface area (Å²) in [5.74, 6) is 0. The Morgan fingerprint density at radius 3 is 2.78 bits per heavy atom. The predicted octanol–water partition coefficient (Wildman–Crippen LogP) is 3.72. The van der Waals surface area contributed by atoms with E-state index in [0.29, 0.717) is 10.7 Å². The van der Waals surface area contributed by atoms with Crippen LogP contribution in [0.3, 0.4) is 0 Å². The normalized spacial score (nSPS) is 10.1. The molecule has 2 aromatic rings. The SMILES string of the molecule is NC(=S)c1ncccc1Nc1ccc(I)cc1Cl. The van der Waals surface area contributed by atoms with Crippen LogP contribution in [-0.2, 0) is 0 Å². The van der Waals surface area contributed by atoms with Crippen molar-refractivity contribution in [2.24, 2.45) is 5.73 Å². The van der Waals surface area contributed by atoms with Gasteiger partial charge < -0.3 is 11.1 Å². The van der Waals surface area contributed by atoms with E-state index in [2.05, 4.69) is 32.9 Å². The number of nitrogens with one attached hydrogen (secondary N) is 1. The first kappa shape index (κ1) is 13.5. The zero-order chi connectivity index (χ0) is 13.1. The first-order chi connectivity index (χ1) is 8.58. The summed E-state index contributed by atoms with van der Waals surface area (Å²) >= 11 is 13.3. The molecule has 0 atom stereocenters. The molecule has 0 radical (unpaired) electrons. The van der Waals surface area contributed by atoms with Crippen molar-refractivity contribution in [2.45, 2.75) is 0 Å². The zero-order valence-corrected chi connectivity index (χ0v) is 12.9. The van der Waals surface area contributed by atoms with Gasteiger partial charge in [0.25, 0.3) is 0 Å². The molecule has 18 heavy (non-hydrogen) atoms. The van der Waals surface area contributed by atoms with E-state index in [0.717, 1.165) is 14.9 Å². The topological polar surface area (TPSA) is 50.9 Å². The van der Waals surface area contributed by atoms with E-state index in [9.17, 15) is 0 Å². The van der Waals surface area contributed by atoms with Crippen molar-refractivity contribution in [1.29, 1.82) is 0 Å². The molecule has 0 bridgehead atoms. The molecule has 3 nitrogen and oxygen atoms in total. The van der Waals surface area contributed by atoms with E-state index in [1.807, 2.05) is 30.3 Å². The van der Waals surface area contributed by atoms with Gasteiger partial charge in [-0.3, -0.25) is 4.98 Å². The summed E-state index contributed by atoms with van der Waals surface area (Å²) in [6.07, 6.45) is 1.65. The van der Waals surface area contributed by atoms with Gasteiger partial charge in [0.05, 0.1) is 16.4 Å². The third kappa shape index (κ3) is 3.09. The lowest BCUT2D eigenvalue weighted by molar-refractivity contribution is 1.29. The number of nitrogens with zero attached hydrogens (tertiary/aromatic N) is 1. The van der Waals surface area contributed by atoms with Gasteiger partial charge >= 0.3 is 0 Å². The molecule has 0 fully saturated rings. The number of halogens is 2. The van der Waals surface area contributed by atoms with Gasteiger partial charge in [-0.2, -0.15) is 0 Å². The first-order valence-electron chi connectivity index (χ1n) is 5.05. The maximum absolute atomic E-state index is 6.16. The smallest absolute Gasteiger partial charge is 0.124 e. The lowest BCUT2D eigenvalue weighted by Gasteiger charge is -2.11. The molecule has 0 aliphatic rings. The van der Waals surface area contributed by atoms with Gasteiger partial charge in [-0.05, 0) is 52.9 Å². The number of hydrogen-bond acceptors (Lipinski definition) is 3. The van der Waals surface area contributed by atoms with Crippen molar-refractivity contribution in [2.75, 3.05) is 5.32 Å². The highest BCUT2D eigenvalue weighted by Gasteiger charge is 2.08. The van der Waals surface area contributed by atoms with Crippen LogP contribution in [0, 0.1) is 3.57 Å². The fourth-order valence-corrected chi connectivity index (χ4v) is 2.50. The van der Waals surface area contributed by atoms with E-state index in [1.54, 1.807) is 6.20 Å². The highest BCUT2D eigenvalue weighted by Crippen LogP contribution is 2.27. The highest BCUT2D eigenvalue weighted by molar-refractivity contribution is 14.1. The second kappa shape index (κ2) is 5.81. The quantitative estimate of drug-likeness (QED) is 0.620. The number of nitrogens with two attached hydrogens (primary N) is 1. The zero-order valence-electron chi connectivity index (χ0n) is 9.15. The minimum atomic E-state index is 0.250.